The minimum atomic E-state index is 0. The van der Waals surface area contributed by atoms with E-state index in [2.05, 4.69) is 55.8 Å². The molecule has 1 heterocycles. The Morgan fingerprint density at radius 2 is 2.16 bits per heavy atom. The minimum absolute atomic E-state index is 0. The number of hydrogen-bond acceptors (Lipinski definition) is 4. The number of nitrogens with one attached hydrogen (secondary N) is 2. The van der Waals surface area contributed by atoms with Crippen LogP contribution in [0.25, 0.3) is 0 Å². The minimum Gasteiger partial charge on any atom is -0.492 e. The van der Waals surface area contributed by atoms with Crippen molar-refractivity contribution >= 4 is 57.2 Å². The predicted octanol–water partition coefficient (Wildman–Crippen LogP) is 4.39. The molecular weight excluding hydrogens is 515 g/mol. The molecule has 0 bridgehead atoms. The van der Waals surface area contributed by atoms with Crippen LogP contribution in [0.1, 0.15) is 30.5 Å². The van der Waals surface area contributed by atoms with Gasteiger partial charge < -0.3 is 15.4 Å². The van der Waals surface area contributed by atoms with E-state index >= 15 is 0 Å². The second-order valence-corrected chi connectivity index (χ2v) is 7.34. The van der Waals surface area contributed by atoms with E-state index in [-0.39, 0.29) is 24.0 Å². The van der Waals surface area contributed by atoms with Crippen molar-refractivity contribution in [2.24, 2.45) is 4.99 Å². The van der Waals surface area contributed by atoms with Crippen molar-refractivity contribution < 1.29 is 4.74 Å². The Bertz CT molecular complexity index is 678. The zero-order valence-corrected chi connectivity index (χ0v) is 19.3. The van der Waals surface area contributed by atoms with E-state index < -0.39 is 0 Å². The van der Waals surface area contributed by atoms with Crippen molar-refractivity contribution in [1.82, 2.24) is 15.6 Å². The summed E-state index contributed by atoms with van der Waals surface area (Å²) in [4.78, 5) is 8.82. The average Bonchev–Trinajstić information content (AvgIpc) is 3.03. The smallest absolute Gasteiger partial charge is 0.191 e. The van der Waals surface area contributed by atoms with Gasteiger partial charge in [0.15, 0.2) is 5.96 Å². The van der Waals surface area contributed by atoms with Crippen molar-refractivity contribution in [2.45, 2.75) is 26.3 Å². The molecule has 0 saturated heterocycles. The third kappa shape index (κ3) is 7.91. The van der Waals surface area contributed by atoms with Crippen LogP contribution in [0.4, 0.5) is 0 Å². The van der Waals surface area contributed by atoms with Crippen molar-refractivity contribution in [2.75, 3.05) is 20.2 Å². The number of rotatable bonds is 7. The lowest BCUT2D eigenvalue weighted by atomic mass is 10.2. The summed E-state index contributed by atoms with van der Waals surface area (Å²) >= 11 is 5.10. The molecule has 0 aliphatic rings. The van der Waals surface area contributed by atoms with Crippen LogP contribution in [0.2, 0.25) is 0 Å². The van der Waals surface area contributed by atoms with E-state index in [4.69, 9.17) is 4.74 Å². The SMILES string of the molecule is CN=C(NCCOc1cccc(Br)c1)NCc1nc(C(C)C)cs1.I. The largest absolute Gasteiger partial charge is 0.492 e. The molecule has 0 amide bonds. The molecule has 0 radical (unpaired) electrons. The summed E-state index contributed by atoms with van der Waals surface area (Å²) in [6.45, 7) is 6.20. The quantitative estimate of drug-likeness (QED) is 0.237. The fourth-order valence-corrected chi connectivity index (χ4v) is 3.22. The third-order valence-electron chi connectivity index (χ3n) is 3.25. The van der Waals surface area contributed by atoms with Gasteiger partial charge in [0.25, 0.3) is 0 Å². The van der Waals surface area contributed by atoms with Crippen LogP contribution in [0, 0.1) is 0 Å². The molecule has 0 fully saturated rings. The Hall–Kier alpha value is -0.870. The number of nitrogens with zero attached hydrogens (tertiary/aromatic N) is 2. The zero-order valence-electron chi connectivity index (χ0n) is 14.6. The van der Waals surface area contributed by atoms with Crippen LogP contribution < -0.4 is 15.4 Å². The van der Waals surface area contributed by atoms with Crippen molar-refractivity contribution in [3.05, 3.63) is 44.8 Å². The van der Waals surface area contributed by atoms with Crippen LogP contribution >= 0.6 is 51.2 Å². The Labute approximate surface area is 178 Å². The molecule has 2 aromatic rings. The molecule has 0 aliphatic carbocycles. The lowest BCUT2D eigenvalue weighted by Crippen LogP contribution is -2.38. The topological polar surface area (TPSA) is 58.5 Å². The van der Waals surface area contributed by atoms with Gasteiger partial charge in [-0.05, 0) is 24.1 Å². The van der Waals surface area contributed by atoms with Gasteiger partial charge in [-0.15, -0.1) is 35.3 Å². The molecule has 0 atom stereocenters. The maximum absolute atomic E-state index is 5.69. The summed E-state index contributed by atoms with van der Waals surface area (Å²) in [6, 6.07) is 7.81. The number of benzene rings is 1. The Balaban J connectivity index is 0.00000312. The number of guanidine groups is 1. The third-order valence-corrected chi connectivity index (χ3v) is 4.61. The molecule has 8 heteroatoms. The molecule has 1 aromatic carbocycles. The highest BCUT2D eigenvalue weighted by molar-refractivity contribution is 14.0. The number of halogens is 2. The highest BCUT2D eigenvalue weighted by atomic mass is 127. The fraction of sp³-hybridized carbons (Fsp3) is 0.412. The van der Waals surface area contributed by atoms with E-state index in [1.54, 1.807) is 18.4 Å². The molecule has 5 nitrogen and oxygen atoms in total. The molecule has 0 aliphatic heterocycles. The molecular formula is C17H24BrIN4OS. The second-order valence-electron chi connectivity index (χ2n) is 5.48. The van der Waals surface area contributed by atoms with Crippen LogP contribution in [-0.4, -0.2) is 31.1 Å². The zero-order chi connectivity index (χ0) is 17.4. The van der Waals surface area contributed by atoms with Crippen molar-refractivity contribution in [1.29, 1.82) is 0 Å². The predicted molar refractivity (Wildman–Crippen MR) is 119 cm³/mol. The van der Waals surface area contributed by atoms with Crippen molar-refractivity contribution in [3.63, 3.8) is 0 Å². The number of ether oxygens (including phenoxy) is 1. The molecule has 0 saturated carbocycles. The van der Waals surface area contributed by atoms with Gasteiger partial charge >= 0.3 is 0 Å². The van der Waals surface area contributed by atoms with Gasteiger partial charge in [0.05, 0.1) is 18.8 Å². The monoisotopic (exact) mass is 538 g/mol. The summed E-state index contributed by atoms with van der Waals surface area (Å²) in [5.74, 6) is 2.05. The first-order valence-electron chi connectivity index (χ1n) is 7.85. The van der Waals surface area contributed by atoms with Crippen LogP contribution in [0.3, 0.4) is 0 Å². The highest BCUT2D eigenvalue weighted by Gasteiger charge is 2.06. The molecule has 0 unspecified atom stereocenters. The summed E-state index contributed by atoms with van der Waals surface area (Å²) in [5, 5.41) is 9.68. The van der Waals surface area contributed by atoms with Gasteiger partial charge in [-0.3, -0.25) is 4.99 Å². The Morgan fingerprint density at radius 3 is 2.80 bits per heavy atom. The van der Waals surface area contributed by atoms with Crippen molar-refractivity contribution in [3.8, 4) is 5.75 Å². The first-order chi connectivity index (χ1) is 11.6. The van der Waals surface area contributed by atoms with Gasteiger partial charge in [-0.2, -0.15) is 0 Å². The Kier molecular flexibility index (Phi) is 10.4. The van der Waals surface area contributed by atoms with Gasteiger partial charge in [0.2, 0.25) is 0 Å². The standard InChI is InChI=1S/C17H23BrN4OS.HI/c1-12(2)15-11-24-16(22-15)10-21-17(19-3)20-7-8-23-14-6-4-5-13(18)9-14;/h4-6,9,11-12H,7-8,10H2,1-3H3,(H2,19,20,21);1H. The first kappa shape index (κ1) is 22.2. The van der Waals surface area contributed by atoms with Gasteiger partial charge in [0.1, 0.15) is 17.4 Å². The lowest BCUT2D eigenvalue weighted by Gasteiger charge is -2.12. The van der Waals surface area contributed by atoms with Gasteiger partial charge in [-0.1, -0.05) is 35.8 Å². The normalized spacial score (nSPS) is 11.2. The maximum atomic E-state index is 5.69. The molecule has 2 N–H and O–H groups in total. The van der Waals surface area contributed by atoms with E-state index in [1.165, 1.54) is 0 Å². The van der Waals surface area contributed by atoms with E-state index in [1.807, 2.05) is 24.3 Å². The highest BCUT2D eigenvalue weighted by Crippen LogP contribution is 2.18. The number of aliphatic imine (C=N–C) groups is 1. The summed E-state index contributed by atoms with van der Waals surface area (Å²) in [5.41, 5.74) is 1.14. The maximum Gasteiger partial charge on any atom is 0.191 e. The molecule has 1 aromatic heterocycles. The average molecular weight is 539 g/mol. The Morgan fingerprint density at radius 1 is 1.36 bits per heavy atom. The molecule has 2 rings (SSSR count). The summed E-state index contributed by atoms with van der Waals surface area (Å²) in [6.07, 6.45) is 0. The molecule has 25 heavy (non-hydrogen) atoms. The van der Waals surface area contributed by atoms with E-state index in [0.717, 1.165) is 26.9 Å². The number of hydrogen-bond donors (Lipinski definition) is 2. The second kappa shape index (κ2) is 11.7. The van der Waals surface area contributed by atoms with Gasteiger partial charge in [-0.25, -0.2) is 4.98 Å². The summed E-state index contributed by atoms with van der Waals surface area (Å²) < 4.78 is 6.70. The van der Waals surface area contributed by atoms with Gasteiger partial charge in [0, 0.05) is 16.9 Å². The fourth-order valence-electron chi connectivity index (χ4n) is 1.95. The summed E-state index contributed by atoms with van der Waals surface area (Å²) in [7, 11) is 1.76. The first-order valence-corrected chi connectivity index (χ1v) is 9.53. The van der Waals surface area contributed by atoms with E-state index in [9.17, 15) is 0 Å². The van der Waals surface area contributed by atoms with E-state index in [0.29, 0.717) is 25.6 Å². The van der Waals surface area contributed by atoms with Crippen LogP contribution in [0.15, 0.2) is 39.1 Å². The molecule has 0 spiro atoms. The lowest BCUT2D eigenvalue weighted by molar-refractivity contribution is 0.321. The number of aromatic nitrogens is 1. The molecule has 138 valence electrons. The number of thiazole rings is 1. The van der Waals surface area contributed by atoms with Crippen LogP contribution in [0.5, 0.6) is 5.75 Å². The van der Waals surface area contributed by atoms with Crippen LogP contribution in [-0.2, 0) is 6.54 Å².